The monoisotopic (exact) mass is 551 g/mol. The first-order chi connectivity index (χ1) is 16.5. The topological polar surface area (TPSA) is 107 Å². The van der Waals surface area contributed by atoms with Gasteiger partial charge in [0.1, 0.15) is 17.0 Å². The summed E-state index contributed by atoms with van der Waals surface area (Å²) in [5, 5.41) is 27.3. The molecule has 0 amide bonds. The van der Waals surface area contributed by atoms with Crippen molar-refractivity contribution in [2.24, 2.45) is 0 Å². The van der Waals surface area contributed by atoms with Crippen LogP contribution in [0, 0.1) is 0 Å². The van der Waals surface area contributed by atoms with Gasteiger partial charge in [-0.1, -0.05) is 53.8 Å². The molecule has 1 heterocycles. The molecular formula is C26H31Cl2N3O4S. The number of hydrogen-bond acceptors (Lipinski definition) is 7. The van der Waals surface area contributed by atoms with Crippen LogP contribution in [-0.2, 0) is 19.5 Å². The van der Waals surface area contributed by atoms with Gasteiger partial charge in [-0.3, -0.25) is 4.79 Å². The molecule has 0 fully saturated rings. The summed E-state index contributed by atoms with van der Waals surface area (Å²) in [7, 11) is 1.67. The molecule has 0 unspecified atom stereocenters. The third kappa shape index (κ3) is 7.70. The van der Waals surface area contributed by atoms with Gasteiger partial charge < -0.3 is 30.6 Å². The fraction of sp³-hybridized carbons (Fsp3) is 0.269. The molecule has 194 valence electrons. The maximum atomic E-state index is 11.7. The van der Waals surface area contributed by atoms with Crippen molar-refractivity contribution in [2.75, 3.05) is 20.2 Å². The fourth-order valence-corrected chi connectivity index (χ4v) is 4.79. The highest BCUT2D eigenvalue weighted by molar-refractivity contribution is 7.16. The number of fused-ring (bicyclic) bond motifs is 1. The number of nitrogens with one attached hydrogen (secondary N) is 3. The Bertz CT molecular complexity index is 1290. The van der Waals surface area contributed by atoms with Crippen LogP contribution >= 0.6 is 36.2 Å². The van der Waals surface area contributed by atoms with E-state index in [0.717, 1.165) is 36.6 Å². The molecule has 0 aliphatic rings. The van der Waals surface area contributed by atoms with Crippen molar-refractivity contribution in [1.82, 2.24) is 15.6 Å². The summed E-state index contributed by atoms with van der Waals surface area (Å²) in [6, 6.07) is 19.7. The molecule has 1 aromatic heterocycles. The molecule has 0 saturated carbocycles. The Kier molecular flexibility index (Phi) is 11.7. The van der Waals surface area contributed by atoms with Gasteiger partial charge in [0, 0.05) is 25.2 Å². The first-order valence-corrected chi connectivity index (χ1v) is 12.0. The van der Waals surface area contributed by atoms with Gasteiger partial charge >= 0.3 is 4.87 Å². The highest BCUT2D eigenvalue weighted by Crippen LogP contribution is 2.31. The van der Waals surface area contributed by atoms with E-state index in [0.29, 0.717) is 28.9 Å². The van der Waals surface area contributed by atoms with E-state index in [1.54, 1.807) is 13.2 Å². The summed E-state index contributed by atoms with van der Waals surface area (Å²) in [4.78, 5) is 14.0. The highest BCUT2D eigenvalue weighted by Gasteiger charge is 2.15. The number of halogens is 2. The number of ether oxygens (including phenoxy) is 1. The van der Waals surface area contributed by atoms with E-state index in [-0.39, 0.29) is 35.4 Å². The summed E-state index contributed by atoms with van der Waals surface area (Å²) >= 11 is 0.995. The van der Waals surface area contributed by atoms with Crippen LogP contribution in [0.3, 0.4) is 0 Å². The van der Waals surface area contributed by atoms with Gasteiger partial charge in [0.2, 0.25) is 0 Å². The Hall–Kier alpha value is -2.59. The Morgan fingerprint density at radius 3 is 2.44 bits per heavy atom. The summed E-state index contributed by atoms with van der Waals surface area (Å²) < 4.78 is 5.79. The Balaban J connectivity index is 0.00000228. The minimum Gasteiger partial charge on any atom is -0.506 e. The van der Waals surface area contributed by atoms with Crippen LogP contribution in [0.1, 0.15) is 28.4 Å². The van der Waals surface area contributed by atoms with Crippen LogP contribution in [0.25, 0.3) is 10.2 Å². The molecule has 0 spiro atoms. The normalized spacial score (nSPS) is 11.5. The molecule has 0 bridgehead atoms. The number of hydrogen-bond donors (Lipinski definition) is 5. The maximum absolute atomic E-state index is 11.7. The Morgan fingerprint density at radius 1 is 0.972 bits per heavy atom. The van der Waals surface area contributed by atoms with Crippen molar-refractivity contribution < 1.29 is 14.9 Å². The van der Waals surface area contributed by atoms with Gasteiger partial charge in [0.15, 0.2) is 0 Å². The molecule has 5 N–H and O–H groups in total. The van der Waals surface area contributed by atoms with Gasteiger partial charge in [-0.15, -0.1) is 24.8 Å². The number of aliphatic hydroxyl groups excluding tert-OH is 1. The third-order valence-electron chi connectivity index (χ3n) is 5.68. The SMILES string of the molecule is COc1ccc(CNCc2cccc(CCNC[C@H](O)c3ccc(O)c4[nH]c(=O)sc34)c2)cc1.Cl.Cl. The zero-order chi connectivity index (χ0) is 23.9. The molecule has 3 aromatic carbocycles. The van der Waals surface area contributed by atoms with Crippen molar-refractivity contribution in [1.29, 1.82) is 0 Å². The van der Waals surface area contributed by atoms with Crippen molar-refractivity contribution in [3.8, 4) is 11.5 Å². The number of aromatic hydroxyl groups is 1. The number of thiazole rings is 1. The van der Waals surface area contributed by atoms with E-state index in [1.165, 1.54) is 22.8 Å². The Labute approximate surface area is 226 Å². The number of rotatable bonds is 11. The average molecular weight is 553 g/mol. The Morgan fingerprint density at radius 2 is 1.69 bits per heavy atom. The zero-order valence-electron chi connectivity index (χ0n) is 19.8. The number of methoxy groups -OCH3 is 1. The number of phenols is 1. The van der Waals surface area contributed by atoms with Gasteiger partial charge in [-0.05, 0) is 47.9 Å². The second kappa shape index (κ2) is 14.2. The lowest BCUT2D eigenvalue weighted by atomic mass is 10.1. The predicted molar refractivity (Wildman–Crippen MR) is 150 cm³/mol. The standard InChI is InChI=1S/C26H29N3O4S.2ClH/c1-33-20-7-5-18(6-8-20)14-28-15-19-4-2-3-17(13-19)11-12-27-16-23(31)21-9-10-22(30)24-25(21)34-26(32)29-24;;/h2-10,13,23,27-28,30-31H,11-12,14-16H2,1H3,(H,29,32);2*1H/t23-;;/m0../s1. The second-order valence-corrected chi connectivity index (χ2v) is 9.12. The van der Waals surface area contributed by atoms with E-state index in [1.807, 2.05) is 12.1 Å². The van der Waals surface area contributed by atoms with E-state index >= 15 is 0 Å². The molecule has 1 atom stereocenters. The number of aliphatic hydroxyl groups is 1. The lowest BCUT2D eigenvalue weighted by molar-refractivity contribution is 0.176. The number of H-pyrrole nitrogens is 1. The van der Waals surface area contributed by atoms with Crippen molar-refractivity contribution in [3.05, 3.63) is 92.6 Å². The van der Waals surface area contributed by atoms with Gasteiger partial charge in [0.25, 0.3) is 0 Å². The summed E-state index contributed by atoms with van der Waals surface area (Å²) in [5.41, 5.74) is 4.66. The lowest BCUT2D eigenvalue weighted by Crippen LogP contribution is -2.24. The second-order valence-electron chi connectivity index (χ2n) is 8.13. The lowest BCUT2D eigenvalue weighted by Gasteiger charge is -2.14. The number of phenolic OH excluding ortho intramolecular Hbond substituents is 1. The van der Waals surface area contributed by atoms with Crippen molar-refractivity contribution >= 4 is 46.4 Å². The largest absolute Gasteiger partial charge is 0.506 e. The number of aromatic amines is 1. The van der Waals surface area contributed by atoms with Crippen LogP contribution in [0.5, 0.6) is 11.5 Å². The van der Waals surface area contributed by atoms with Gasteiger partial charge in [0.05, 0.1) is 17.9 Å². The van der Waals surface area contributed by atoms with Crippen LogP contribution in [-0.4, -0.2) is 35.4 Å². The smallest absolute Gasteiger partial charge is 0.305 e. The molecule has 4 rings (SSSR count). The quantitative estimate of drug-likeness (QED) is 0.178. The van der Waals surface area contributed by atoms with E-state index in [2.05, 4.69) is 52.0 Å². The number of aromatic nitrogens is 1. The molecule has 10 heteroatoms. The third-order valence-corrected chi connectivity index (χ3v) is 6.62. The van der Waals surface area contributed by atoms with E-state index < -0.39 is 6.10 Å². The van der Waals surface area contributed by atoms with Crippen LogP contribution in [0.15, 0.2) is 65.5 Å². The van der Waals surface area contributed by atoms with E-state index in [4.69, 9.17) is 4.74 Å². The molecule has 0 saturated heterocycles. The molecule has 0 aliphatic carbocycles. The van der Waals surface area contributed by atoms with Gasteiger partial charge in [-0.25, -0.2) is 0 Å². The molecule has 4 aromatic rings. The minimum absolute atomic E-state index is 0. The number of benzene rings is 3. The molecular weight excluding hydrogens is 521 g/mol. The summed E-state index contributed by atoms with van der Waals surface area (Å²) in [6.45, 7) is 2.63. The predicted octanol–water partition coefficient (Wildman–Crippen LogP) is 4.30. The van der Waals surface area contributed by atoms with E-state index in [9.17, 15) is 15.0 Å². The first-order valence-electron chi connectivity index (χ1n) is 11.2. The molecule has 0 radical (unpaired) electrons. The fourth-order valence-electron chi connectivity index (χ4n) is 3.87. The molecule has 7 nitrogen and oxygen atoms in total. The maximum Gasteiger partial charge on any atom is 0.305 e. The van der Waals surface area contributed by atoms with Crippen molar-refractivity contribution in [2.45, 2.75) is 25.6 Å². The van der Waals surface area contributed by atoms with Crippen molar-refractivity contribution in [3.63, 3.8) is 0 Å². The van der Waals surface area contributed by atoms with Crippen LogP contribution in [0.4, 0.5) is 0 Å². The summed E-state index contributed by atoms with van der Waals surface area (Å²) in [5.74, 6) is 0.867. The zero-order valence-corrected chi connectivity index (χ0v) is 22.3. The van der Waals surface area contributed by atoms with Crippen LogP contribution < -0.4 is 20.2 Å². The van der Waals surface area contributed by atoms with Gasteiger partial charge in [-0.2, -0.15) is 0 Å². The summed E-state index contributed by atoms with van der Waals surface area (Å²) in [6.07, 6.45) is 0.0599. The van der Waals surface area contributed by atoms with Crippen LogP contribution in [0.2, 0.25) is 0 Å². The molecule has 36 heavy (non-hydrogen) atoms. The average Bonchev–Trinajstić information content (AvgIpc) is 3.25. The minimum atomic E-state index is -0.775. The molecule has 0 aliphatic heterocycles. The highest BCUT2D eigenvalue weighted by atomic mass is 35.5. The first kappa shape index (κ1) is 29.6.